The highest BCUT2D eigenvalue weighted by atomic mass is 16.5. The lowest BCUT2D eigenvalue weighted by Crippen LogP contribution is -2.15. The van der Waals surface area contributed by atoms with Gasteiger partial charge in [0.2, 0.25) is 0 Å². The van der Waals surface area contributed by atoms with Crippen LogP contribution >= 0.6 is 0 Å². The fraction of sp³-hybridized carbons (Fsp3) is 0.0732. The molecule has 42 heavy (non-hydrogen) atoms. The number of fused-ring (bicyclic) bond motifs is 3. The summed E-state index contributed by atoms with van der Waals surface area (Å²) >= 11 is 0. The summed E-state index contributed by atoms with van der Waals surface area (Å²) in [5.41, 5.74) is 9.99. The molecule has 2 atom stereocenters. The molecule has 0 saturated heterocycles. The van der Waals surface area contributed by atoms with E-state index in [1.165, 1.54) is 76.8 Å². The van der Waals surface area contributed by atoms with Crippen LogP contribution < -0.4 is 4.74 Å². The summed E-state index contributed by atoms with van der Waals surface area (Å²) in [5, 5.41) is 7.88. The van der Waals surface area contributed by atoms with Crippen LogP contribution in [-0.4, -0.2) is 6.10 Å². The number of ether oxygens (including phenoxy) is 1. The monoisotopic (exact) mass is 536 g/mol. The van der Waals surface area contributed by atoms with Crippen LogP contribution in [0.1, 0.15) is 17.0 Å². The van der Waals surface area contributed by atoms with Gasteiger partial charge in [-0.1, -0.05) is 133 Å². The molecule has 1 nitrogen and oxygen atoms in total. The molecule has 1 heterocycles. The first kappa shape index (κ1) is 23.6. The highest BCUT2D eigenvalue weighted by molar-refractivity contribution is 6.27. The first-order valence-corrected chi connectivity index (χ1v) is 14.8. The van der Waals surface area contributed by atoms with E-state index in [-0.39, 0.29) is 6.10 Å². The summed E-state index contributed by atoms with van der Waals surface area (Å²) in [6.45, 7) is 2.14. The summed E-state index contributed by atoms with van der Waals surface area (Å²) in [6, 6.07) is 42.8. The summed E-state index contributed by atoms with van der Waals surface area (Å²) in [6.07, 6.45) is 8.71. The molecule has 1 aliphatic carbocycles. The zero-order chi connectivity index (χ0) is 27.8. The van der Waals surface area contributed by atoms with E-state index in [0.717, 1.165) is 5.75 Å². The molecule has 0 radical (unpaired) electrons. The quantitative estimate of drug-likeness (QED) is 0.204. The molecule has 0 fully saturated rings. The number of rotatable bonds is 3. The minimum atomic E-state index is 0.116. The molecule has 7 aromatic carbocycles. The molecule has 0 aromatic heterocycles. The maximum absolute atomic E-state index is 6.27. The third-order valence-electron chi connectivity index (χ3n) is 9.28. The van der Waals surface area contributed by atoms with Crippen molar-refractivity contribution in [1.29, 1.82) is 0 Å². The Morgan fingerprint density at radius 3 is 1.71 bits per heavy atom. The molecular formula is C41H28O. The van der Waals surface area contributed by atoms with Gasteiger partial charge < -0.3 is 4.74 Å². The number of allylic oxidation sites excluding steroid dienone is 2. The predicted octanol–water partition coefficient (Wildman–Crippen LogP) is 10.9. The Bertz CT molecular complexity index is 2210. The molecule has 2 aliphatic rings. The molecule has 0 spiro atoms. The van der Waals surface area contributed by atoms with Gasteiger partial charge in [-0.05, 0) is 84.8 Å². The Hall–Kier alpha value is -5.14. The van der Waals surface area contributed by atoms with Crippen molar-refractivity contribution in [3.05, 3.63) is 151 Å². The van der Waals surface area contributed by atoms with E-state index in [4.69, 9.17) is 4.74 Å². The normalized spacial score (nSPS) is 17.2. The van der Waals surface area contributed by atoms with Gasteiger partial charge in [-0.15, -0.1) is 0 Å². The van der Waals surface area contributed by atoms with Gasteiger partial charge in [0.15, 0.2) is 0 Å². The molecule has 7 aromatic rings. The van der Waals surface area contributed by atoms with Gasteiger partial charge >= 0.3 is 0 Å². The summed E-state index contributed by atoms with van der Waals surface area (Å²) in [4.78, 5) is 0. The lowest BCUT2D eigenvalue weighted by atomic mass is 9.87. The van der Waals surface area contributed by atoms with Crippen molar-refractivity contribution in [2.75, 3.05) is 0 Å². The van der Waals surface area contributed by atoms with Crippen molar-refractivity contribution in [2.24, 2.45) is 0 Å². The largest absolute Gasteiger partial charge is 0.485 e. The maximum Gasteiger partial charge on any atom is 0.128 e. The van der Waals surface area contributed by atoms with E-state index in [0.29, 0.717) is 5.92 Å². The average Bonchev–Trinajstić information content (AvgIpc) is 3.42. The van der Waals surface area contributed by atoms with Crippen molar-refractivity contribution >= 4 is 32.3 Å². The minimum absolute atomic E-state index is 0.116. The van der Waals surface area contributed by atoms with Gasteiger partial charge in [-0.2, -0.15) is 0 Å². The lowest BCUT2D eigenvalue weighted by Gasteiger charge is -2.17. The van der Waals surface area contributed by atoms with Crippen LogP contribution in [0.5, 0.6) is 5.75 Å². The molecule has 0 saturated carbocycles. The second-order valence-electron chi connectivity index (χ2n) is 11.7. The van der Waals surface area contributed by atoms with E-state index < -0.39 is 0 Å². The summed E-state index contributed by atoms with van der Waals surface area (Å²) < 4.78 is 6.27. The second-order valence-corrected chi connectivity index (χ2v) is 11.7. The van der Waals surface area contributed by atoms with Crippen LogP contribution in [0.25, 0.3) is 65.7 Å². The van der Waals surface area contributed by atoms with Crippen LogP contribution in [-0.2, 0) is 0 Å². The highest BCUT2D eigenvalue weighted by Crippen LogP contribution is 2.44. The Labute approximate surface area is 245 Å². The molecule has 2 unspecified atom stereocenters. The third kappa shape index (κ3) is 3.50. The van der Waals surface area contributed by atoms with E-state index in [9.17, 15) is 0 Å². The highest BCUT2D eigenvalue weighted by Gasteiger charge is 2.32. The first-order chi connectivity index (χ1) is 20.7. The molecule has 0 N–H and O–H groups in total. The standard InChI is InChI=1S/C41H28O/c1-25-6-8-27(9-7-25)32-19-14-29-17-23-37-33(20-15-30-16-22-36(32)40(29)41(30)37)28-12-10-26(11-13-28)31-18-21-35-34-4-2-3-5-38(34)42-39(35)24-31/h2-24,34,38H,1H3. The molecule has 1 aliphatic heterocycles. The maximum atomic E-state index is 6.27. The average molecular weight is 537 g/mol. The van der Waals surface area contributed by atoms with Gasteiger partial charge in [-0.25, -0.2) is 0 Å². The van der Waals surface area contributed by atoms with Gasteiger partial charge in [-0.3, -0.25) is 0 Å². The van der Waals surface area contributed by atoms with Gasteiger partial charge in [0, 0.05) is 11.5 Å². The number of benzene rings is 7. The van der Waals surface area contributed by atoms with Crippen LogP contribution in [0.15, 0.2) is 140 Å². The fourth-order valence-electron chi connectivity index (χ4n) is 7.10. The topological polar surface area (TPSA) is 9.23 Å². The number of aryl methyl sites for hydroxylation is 1. The molecule has 0 bridgehead atoms. The first-order valence-electron chi connectivity index (χ1n) is 14.8. The van der Waals surface area contributed by atoms with Crippen LogP contribution in [0.3, 0.4) is 0 Å². The zero-order valence-corrected chi connectivity index (χ0v) is 23.3. The van der Waals surface area contributed by atoms with Gasteiger partial charge in [0.1, 0.15) is 11.9 Å². The van der Waals surface area contributed by atoms with Crippen molar-refractivity contribution in [2.45, 2.75) is 18.9 Å². The Morgan fingerprint density at radius 2 is 1.05 bits per heavy atom. The Morgan fingerprint density at radius 1 is 0.500 bits per heavy atom. The van der Waals surface area contributed by atoms with Crippen molar-refractivity contribution in [3.8, 4) is 39.1 Å². The van der Waals surface area contributed by atoms with E-state index >= 15 is 0 Å². The van der Waals surface area contributed by atoms with Crippen molar-refractivity contribution in [1.82, 2.24) is 0 Å². The lowest BCUT2D eigenvalue weighted by molar-refractivity contribution is 0.269. The fourth-order valence-corrected chi connectivity index (χ4v) is 7.10. The summed E-state index contributed by atoms with van der Waals surface area (Å²) in [5.74, 6) is 1.32. The van der Waals surface area contributed by atoms with E-state index in [2.05, 4.69) is 146 Å². The minimum Gasteiger partial charge on any atom is -0.485 e. The van der Waals surface area contributed by atoms with Crippen molar-refractivity contribution in [3.63, 3.8) is 0 Å². The second kappa shape index (κ2) is 8.93. The van der Waals surface area contributed by atoms with Gasteiger partial charge in [0.25, 0.3) is 0 Å². The van der Waals surface area contributed by atoms with E-state index in [1.54, 1.807) is 0 Å². The Balaban J connectivity index is 1.14. The SMILES string of the molecule is Cc1ccc(-c2ccc3ccc4c(-c5ccc(-c6ccc7c(c6)OC6C=CC=CC76)cc5)ccc5ccc2c3c54)cc1. The van der Waals surface area contributed by atoms with Gasteiger partial charge in [0.05, 0.1) is 0 Å². The smallest absolute Gasteiger partial charge is 0.128 e. The number of hydrogen-bond donors (Lipinski definition) is 0. The molecule has 1 heteroatoms. The van der Waals surface area contributed by atoms with Crippen molar-refractivity contribution < 1.29 is 4.74 Å². The van der Waals surface area contributed by atoms with Crippen LogP contribution in [0, 0.1) is 6.92 Å². The molecule has 9 rings (SSSR count). The third-order valence-corrected chi connectivity index (χ3v) is 9.28. The molecular weight excluding hydrogens is 508 g/mol. The molecule has 198 valence electrons. The Kier molecular flexibility index (Phi) is 5.01. The molecule has 0 amide bonds. The number of hydrogen-bond acceptors (Lipinski definition) is 1. The predicted molar refractivity (Wildman–Crippen MR) is 177 cm³/mol. The van der Waals surface area contributed by atoms with Crippen LogP contribution in [0.2, 0.25) is 0 Å². The zero-order valence-electron chi connectivity index (χ0n) is 23.3. The summed E-state index contributed by atoms with van der Waals surface area (Å²) in [7, 11) is 0. The van der Waals surface area contributed by atoms with E-state index in [1.807, 2.05) is 0 Å². The van der Waals surface area contributed by atoms with Crippen LogP contribution in [0.4, 0.5) is 0 Å².